The molecule has 4 heteroatoms. The average Bonchev–Trinajstić information content (AvgIpc) is 2.29. The van der Waals surface area contributed by atoms with Crippen molar-refractivity contribution in [2.24, 2.45) is 5.92 Å². The first-order chi connectivity index (χ1) is 8.06. The number of carbonyl (C=O) groups is 1. The molecule has 17 heavy (non-hydrogen) atoms. The van der Waals surface area contributed by atoms with E-state index in [2.05, 4.69) is 29.5 Å². The second-order valence-electron chi connectivity index (χ2n) is 4.46. The van der Waals surface area contributed by atoms with Gasteiger partial charge in [-0.05, 0) is 25.8 Å². The number of hydrogen-bond donors (Lipinski definition) is 2. The van der Waals surface area contributed by atoms with Crippen LogP contribution in [0.25, 0.3) is 0 Å². The molecule has 1 heterocycles. The maximum atomic E-state index is 12.1. The van der Waals surface area contributed by atoms with Crippen LogP contribution in [-0.2, 0) is 0 Å². The number of aromatic nitrogens is 1. The van der Waals surface area contributed by atoms with Gasteiger partial charge in [-0.3, -0.25) is 9.78 Å². The zero-order valence-electron chi connectivity index (χ0n) is 10.9. The molecule has 0 saturated heterocycles. The molecular formula is C13H21N3O. The molecule has 0 spiro atoms. The van der Waals surface area contributed by atoms with Gasteiger partial charge in [0.2, 0.25) is 0 Å². The summed E-state index contributed by atoms with van der Waals surface area (Å²) in [5.74, 6) is 0.368. The highest BCUT2D eigenvalue weighted by Crippen LogP contribution is 2.13. The number of rotatable bonds is 5. The number of anilines is 1. The quantitative estimate of drug-likeness (QED) is 0.823. The Kier molecular flexibility index (Phi) is 4.94. The smallest absolute Gasteiger partial charge is 0.253 e. The molecule has 0 fully saturated rings. The van der Waals surface area contributed by atoms with Crippen molar-refractivity contribution in [2.75, 3.05) is 11.9 Å². The van der Waals surface area contributed by atoms with Gasteiger partial charge in [0.15, 0.2) is 0 Å². The zero-order valence-corrected chi connectivity index (χ0v) is 10.9. The molecule has 94 valence electrons. The van der Waals surface area contributed by atoms with Gasteiger partial charge in [0, 0.05) is 18.8 Å². The SMILES string of the molecule is CCNc1cnccc1C(=O)NC(C)C(C)C. The highest BCUT2D eigenvalue weighted by atomic mass is 16.1. The Morgan fingerprint density at radius 1 is 1.41 bits per heavy atom. The van der Waals surface area contributed by atoms with Crippen LogP contribution in [0.15, 0.2) is 18.5 Å². The van der Waals surface area contributed by atoms with Crippen LogP contribution in [0, 0.1) is 5.92 Å². The summed E-state index contributed by atoms with van der Waals surface area (Å²) in [7, 11) is 0. The number of hydrogen-bond acceptors (Lipinski definition) is 3. The van der Waals surface area contributed by atoms with Crippen molar-refractivity contribution < 1.29 is 4.79 Å². The van der Waals surface area contributed by atoms with Gasteiger partial charge in [0.1, 0.15) is 0 Å². The molecule has 1 atom stereocenters. The van der Waals surface area contributed by atoms with E-state index in [1.54, 1.807) is 18.5 Å². The monoisotopic (exact) mass is 235 g/mol. The van der Waals surface area contributed by atoms with E-state index < -0.39 is 0 Å². The van der Waals surface area contributed by atoms with Gasteiger partial charge in [-0.2, -0.15) is 0 Å². The molecule has 4 nitrogen and oxygen atoms in total. The summed E-state index contributed by atoms with van der Waals surface area (Å²) >= 11 is 0. The van der Waals surface area contributed by atoms with Crippen LogP contribution in [0.3, 0.4) is 0 Å². The van der Waals surface area contributed by atoms with Gasteiger partial charge < -0.3 is 10.6 Å². The molecule has 0 saturated carbocycles. The second-order valence-corrected chi connectivity index (χ2v) is 4.46. The topological polar surface area (TPSA) is 54.0 Å². The molecule has 0 radical (unpaired) electrons. The van der Waals surface area contributed by atoms with E-state index in [1.165, 1.54) is 0 Å². The minimum atomic E-state index is -0.0513. The Labute approximate surface area is 103 Å². The van der Waals surface area contributed by atoms with E-state index in [0.717, 1.165) is 12.2 Å². The molecule has 1 aromatic rings. The molecule has 0 bridgehead atoms. The van der Waals surface area contributed by atoms with Gasteiger partial charge in [0.25, 0.3) is 5.91 Å². The predicted molar refractivity (Wildman–Crippen MR) is 70.2 cm³/mol. The van der Waals surface area contributed by atoms with Crippen molar-refractivity contribution in [3.8, 4) is 0 Å². The van der Waals surface area contributed by atoms with Crippen LogP contribution in [0.2, 0.25) is 0 Å². The Morgan fingerprint density at radius 3 is 2.71 bits per heavy atom. The van der Waals surface area contributed by atoms with Crippen LogP contribution in [0.5, 0.6) is 0 Å². The van der Waals surface area contributed by atoms with Crippen LogP contribution >= 0.6 is 0 Å². The fourth-order valence-electron chi connectivity index (χ4n) is 1.37. The van der Waals surface area contributed by atoms with Crippen molar-refractivity contribution >= 4 is 11.6 Å². The molecule has 1 amide bonds. The third kappa shape index (κ3) is 3.73. The lowest BCUT2D eigenvalue weighted by atomic mass is 10.1. The first kappa shape index (κ1) is 13.5. The van der Waals surface area contributed by atoms with Crippen molar-refractivity contribution in [2.45, 2.75) is 33.7 Å². The number of nitrogens with one attached hydrogen (secondary N) is 2. The van der Waals surface area contributed by atoms with Gasteiger partial charge in [0.05, 0.1) is 17.4 Å². The number of nitrogens with zero attached hydrogens (tertiary/aromatic N) is 1. The molecule has 0 aliphatic carbocycles. The van der Waals surface area contributed by atoms with E-state index in [0.29, 0.717) is 11.5 Å². The molecule has 1 unspecified atom stereocenters. The van der Waals surface area contributed by atoms with Crippen LogP contribution in [0.1, 0.15) is 38.1 Å². The largest absolute Gasteiger partial charge is 0.383 e. The summed E-state index contributed by atoms with van der Waals surface area (Å²) in [6, 6.07) is 1.89. The van der Waals surface area contributed by atoms with Gasteiger partial charge >= 0.3 is 0 Å². The van der Waals surface area contributed by atoms with Gasteiger partial charge in [-0.1, -0.05) is 13.8 Å². The first-order valence-electron chi connectivity index (χ1n) is 6.05. The van der Waals surface area contributed by atoms with E-state index in [4.69, 9.17) is 0 Å². The van der Waals surface area contributed by atoms with Gasteiger partial charge in [-0.15, -0.1) is 0 Å². The third-order valence-corrected chi connectivity index (χ3v) is 2.79. The molecule has 0 aromatic carbocycles. The Hall–Kier alpha value is -1.58. The lowest BCUT2D eigenvalue weighted by molar-refractivity contribution is 0.0931. The Morgan fingerprint density at radius 2 is 2.12 bits per heavy atom. The minimum absolute atomic E-state index is 0.0513. The lowest BCUT2D eigenvalue weighted by Crippen LogP contribution is -2.36. The fourth-order valence-corrected chi connectivity index (χ4v) is 1.37. The molecule has 1 rings (SSSR count). The maximum absolute atomic E-state index is 12.1. The summed E-state index contributed by atoms with van der Waals surface area (Å²) in [4.78, 5) is 16.1. The lowest BCUT2D eigenvalue weighted by Gasteiger charge is -2.18. The van der Waals surface area contributed by atoms with Crippen molar-refractivity contribution in [3.05, 3.63) is 24.0 Å². The number of carbonyl (C=O) groups excluding carboxylic acids is 1. The molecule has 1 aromatic heterocycles. The van der Waals surface area contributed by atoms with Crippen molar-refractivity contribution in [1.82, 2.24) is 10.3 Å². The van der Waals surface area contributed by atoms with Crippen LogP contribution < -0.4 is 10.6 Å². The van der Waals surface area contributed by atoms with E-state index in [1.807, 2.05) is 13.8 Å². The van der Waals surface area contributed by atoms with E-state index in [9.17, 15) is 4.79 Å². The summed E-state index contributed by atoms with van der Waals surface area (Å²) < 4.78 is 0. The number of amides is 1. The molecule has 0 aliphatic rings. The average molecular weight is 235 g/mol. The van der Waals surface area contributed by atoms with Gasteiger partial charge in [-0.25, -0.2) is 0 Å². The summed E-state index contributed by atoms with van der Waals surface area (Å²) in [5.41, 5.74) is 1.43. The molecule has 2 N–H and O–H groups in total. The standard InChI is InChI=1S/C13H21N3O/c1-5-15-12-8-14-7-6-11(12)13(17)16-10(4)9(2)3/h6-10,15H,5H2,1-4H3,(H,16,17). The zero-order chi connectivity index (χ0) is 12.8. The highest BCUT2D eigenvalue weighted by molar-refractivity contribution is 5.99. The predicted octanol–water partition coefficient (Wildman–Crippen LogP) is 2.29. The van der Waals surface area contributed by atoms with Crippen molar-refractivity contribution in [1.29, 1.82) is 0 Å². The second kappa shape index (κ2) is 6.23. The summed E-state index contributed by atoms with van der Waals surface area (Å²) in [5, 5.41) is 6.12. The first-order valence-corrected chi connectivity index (χ1v) is 6.05. The van der Waals surface area contributed by atoms with Crippen LogP contribution in [-0.4, -0.2) is 23.5 Å². The highest BCUT2D eigenvalue weighted by Gasteiger charge is 2.15. The van der Waals surface area contributed by atoms with Crippen molar-refractivity contribution in [3.63, 3.8) is 0 Å². The summed E-state index contributed by atoms with van der Waals surface area (Å²) in [6.07, 6.45) is 3.31. The number of pyridine rings is 1. The maximum Gasteiger partial charge on any atom is 0.253 e. The van der Waals surface area contributed by atoms with E-state index >= 15 is 0 Å². The Bertz CT molecular complexity index is 377. The van der Waals surface area contributed by atoms with Crippen LogP contribution in [0.4, 0.5) is 5.69 Å². The molecular weight excluding hydrogens is 214 g/mol. The third-order valence-electron chi connectivity index (χ3n) is 2.79. The normalized spacial score (nSPS) is 12.3. The fraction of sp³-hybridized carbons (Fsp3) is 0.538. The summed E-state index contributed by atoms with van der Waals surface area (Å²) in [6.45, 7) is 8.94. The molecule has 0 aliphatic heterocycles. The van der Waals surface area contributed by atoms with E-state index in [-0.39, 0.29) is 11.9 Å². The minimum Gasteiger partial charge on any atom is -0.383 e. The Balaban J connectivity index is 2.81.